The van der Waals surface area contributed by atoms with Gasteiger partial charge in [-0.15, -0.1) is 0 Å². The molecule has 1 aromatic heterocycles. The standard InChI is InChI=1S/C24H25F2N3O3/c1-31-19-6-4-18(5-7-19)28-11-2-12-29(14-13-28)24(30)10-9-23-27-16-22(32-23)20-8-3-17(25)15-21(20)26/h3-8,15-16H,2,9-14H2,1H3. The molecule has 1 saturated heterocycles. The molecular weight excluding hydrogens is 416 g/mol. The lowest BCUT2D eigenvalue weighted by molar-refractivity contribution is -0.131. The number of carbonyl (C=O) groups is 1. The minimum atomic E-state index is -0.713. The summed E-state index contributed by atoms with van der Waals surface area (Å²) in [6.07, 6.45) is 2.86. The Kier molecular flexibility index (Phi) is 6.68. The average molecular weight is 441 g/mol. The number of carbonyl (C=O) groups excluding carboxylic acids is 1. The van der Waals surface area contributed by atoms with Crippen LogP contribution in [0.3, 0.4) is 0 Å². The lowest BCUT2D eigenvalue weighted by Crippen LogP contribution is -2.35. The van der Waals surface area contributed by atoms with E-state index < -0.39 is 11.6 Å². The van der Waals surface area contributed by atoms with E-state index in [1.165, 1.54) is 18.3 Å². The van der Waals surface area contributed by atoms with Gasteiger partial charge in [-0.2, -0.15) is 0 Å². The van der Waals surface area contributed by atoms with Crippen molar-refractivity contribution in [2.45, 2.75) is 19.3 Å². The summed E-state index contributed by atoms with van der Waals surface area (Å²) >= 11 is 0. The molecule has 8 heteroatoms. The zero-order valence-electron chi connectivity index (χ0n) is 17.9. The monoisotopic (exact) mass is 441 g/mol. The molecule has 168 valence electrons. The molecule has 1 fully saturated rings. The number of methoxy groups -OCH3 is 1. The Morgan fingerprint density at radius 1 is 1.09 bits per heavy atom. The smallest absolute Gasteiger partial charge is 0.223 e. The van der Waals surface area contributed by atoms with E-state index >= 15 is 0 Å². The average Bonchev–Trinajstić information content (AvgIpc) is 3.12. The number of amides is 1. The Morgan fingerprint density at radius 2 is 1.91 bits per heavy atom. The van der Waals surface area contributed by atoms with Crippen LogP contribution in [0.4, 0.5) is 14.5 Å². The first-order valence-corrected chi connectivity index (χ1v) is 10.6. The van der Waals surface area contributed by atoms with Crippen molar-refractivity contribution >= 4 is 11.6 Å². The van der Waals surface area contributed by atoms with Crippen molar-refractivity contribution in [3.05, 3.63) is 66.2 Å². The van der Waals surface area contributed by atoms with Gasteiger partial charge in [0.15, 0.2) is 11.7 Å². The number of aromatic nitrogens is 1. The fraction of sp³-hybridized carbons (Fsp3) is 0.333. The highest BCUT2D eigenvalue weighted by Gasteiger charge is 2.20. The molecule has 2 aromatic carbocycles. The lowest BCUT2D eigenvalue weighted by atomic mass is 10.2. The minimum Gasteiger partial charge on any atom is -0.497 e. The van der Waals surface area contributed by atoms with E-state index in [-0.39, 0.29) is 23.7 Å². The van der Waals surface area contributed by atoms with Crippen LogP contribution >= 0.6 is 0 Å². The molecule has 2 heterocycles. The summed E-state index contributed by atoms with van der Waals surface area (Å²) in [7, 11) is 1.64. The van der Waals surface area contributed by atoms with Crippen LogP contribution in [-0.2, 0) is 11.2 Å². The second-order valence-corrected chi connectivity index (χ2v) is 7.66. The summed E-state index contributed by atoms with van der Waals surface area (Å²) in [5.74, 6) is 0.0579. The molecule has 1 aliphatic rings. The maximum atomic E-state index is 13.9. The molecule has 0 N–H and O–H groups in total. The number of oxazole rings is 1. The van der Waals surface area contributed by atoms with Crippen molar-refractivity contribution in [2.24, 2.45) is 0 Å². The van der Waals surface area contributed by atoms with Gasteiger partial charge in [-0.05, 0) is 42.8 Å². The van der Waals surface area contributed by atoms with Crippen LogP contribution < -0.4 is 9.64 Å². The maximum absolute atomic E-state index is 13.9. The summed E-state index contributed by atoms with van der Waals surface area (Å²) in [5.41, 5.74) is 1.25. The quantitative estimate of drug-likeness (QED) is 0.571. The second-order valence-electron chi connectivity index (χ2n) is 7.66. The highest BCUT2D eigenvalue weighted by molar-refractivity contribution is 5.76. The van der Waals surface area contributed by atoms with Crippen LogP contribution in [0.1, 0.15) is 18.7 Å². The van der Waals surface area contributed by atoms with Crippen molar-refractivity contribution in [3.63, 3.8) is 0 Å². The Labute approximate surface area is 185 Å². The van der Waals surface area contributed by atoms with Crippen LogP contribution in [0.15, 0.2) is 53.1 Å². The molecule has 32 heavy (non-hydrogen) atoms. The number of halogens is 2. The van der Waals surface area contributed by atoms with Crippen LogP contribution in [-0.4, -0.2) is 49.1 Å². The Balaban J connectivity index is 1.31. The summed E-state index contributed by atoms with van der Waals surface area (Å²) < 4.78 is 37.8. The normalized spacial score (nSPS) is 14.3. The van der Waals surface area contributed by atoms with E-state index in [1.54, 1.807) is 7.11 Å². The molecule has 0 aliphatic carbocycles. The number of nitrogens with zero attached hydrogens (tertiary/aromatic N) is 3. The third-order valence-electron chi connectivity index (χ3n) is 5.59. The Morgan fingerprint density at radius 3 is 2.66 bits per heavy atom. The summed E-state index contributed by atoms with van der Waals surface area (Å²) in [6.45, 7) is 2.97. The molecule has 3 aromatic rings. The summed E-state index contributed by atoms with van der Waals surface area (Å²) in [4.78, 5) is 21.0. The SMILES string of the molecule is COc1ccc(N2CCCN(C(=O)CCc3ncc(-c4ccc(F)cc4F)o3)CC2)cc1. The van der Waals surface area contributed by atoms with Crippen molar-refractivity contribution in [2.75, 3.05) is 38.2 Å². The van der Waals surface area contributed by atoms with Crippen molar-refractivity contribution < 1.29 is 22.7 Å². The lowest BCUT2D eigenvalue weighted by Gasteiger charge is -2.24. The van der Waals surface area contributed by atoms with Crippen LogP contribution in [0, 0.1) is 11.6 Å². The van der Waals surface area contributed by atoms with Gasteiger partial charge in [-0.25, -0.2) is 13.8 Å². The van der Waals surface area contributed by atoms with Gasteiger partial charge in [-0.3, -0.25) is 4.79 Å². The molecule has 4 rings (SSSR count). The molecular formula is C24H25F2N3O3. The minimum absolute atomic E-state index is 0.0364. The van der Waals surface area contributed by atoms with Crippen molar-refractivity contribution in [1.29, 1.82) is 0 Å². The number of aryl methyl sites for hydroxylation is 1. The number of ether oxygens (including phenoxy) is 1. The van der Waals surface area contributed by atoms with Gasteiger partial charge in [0.05, 0.1) is 18.9 Å². The Bertz CT molecular complexity index is 1070. The van der Waals surface area contributed by atoms with Crippen LogP contribution in [0.25, 0.3) is 11.3 Å². The van der Waals surface area contributed by atoms with E-state index in [1.807, 2.05) is 29.2 Å². The topological polar surface area (TPSA) is 58.8 Å². The van der Waals surface area contributed by atoms with Gasteiger partial charge in [0.25, 0.3) is 0 Å². The fourth-order valence-electron chi connectivity index (χ4n) is 3.83. The van der Waals surface area contributed by atoms with E-state index in [0.29, 0.717) is 25.4 Å². The zero-order chi connectivity index (χ0) is 22.5. The van der Waals surface area contributed by atoms with Gasteiger partial charge in [0.2, 0.25) is 5.91 Å². The Hall–Kier alpha value is -3.42. The van der Waals surface area contributed by atoms with Crippen LogP contribution in [0.2, 0.25) is 0 Å². The predicted molar refractivity (Wildman–Crippen MR) is 117 cm³/mol. The number of anilines is 1. The van der Waals surface area contributed by atoms with Gasteiger partial charge >= 0.3 is 0 Å². The number of benzene rings is 2. The number of hydrogen-bond donors (Lipinski definition) is 0. The highest BCUT2D eigenvalue weighted by atomic mass is 19.1. The van der Waals surface area contributed by atoms with E-state index in [2.05, 4.69) is 9.88 Å². The fourth-order valence-corrected chi connectivity index (χ4v) is 3.83. The first kappa shape index (κ1) is 21.8. The number of rotatable bonds is 6. The highest BCUT2D eigenvalue weighted by Crippen LogP contribution is 2.25. The van der Waals surface area contributed by atoms with Crippen molar-refractivity contribution in [3.8, 4) is 17.1 Å². The van der Waals surface area contributed by atoms with Gasteiger partial charge in [0, 0.05) is 50.8 Å². The molecule has 0 unspecified atom stereocenters. The molecule has 1 amide bonds. The molecule has 0 spiro atoms. The van der Waals surface area contributed by atoms with E-state index in [9.17, 15) is 13.6 Å². The number of hydrogen-bond acceptors (Lipinski definition) is 5. The van der Waals surface area contributed by atoms with Crippen LogP contribution in [0.5, 0.6) is 5.75 Å². The van der Waals surface area contributed by atoms with Gasteiger partial charge in [-0.1, -0.05) is 0 Å². The third-order valence-corrected chi connectivity index (χ3v) is 5.59. The molecule has 0 bridgehead atoms. The van der Waals surface area contributed by atoms with E-state index in [0.717, 1.165) is 37.0 Å². The molecule has 6 nitrogen and oxygen atoms in total. The maximum Gasteiger partial charge on any atom is 0.223 e. The first-order chi connectivity index (χ1) is 15.5. The molecule has 0 saturated carbocycles. The molecule has 0 atom stereocenters. The van der Waals surface area contributed by atoms with Crippen molar-refractivity contribution in [1.82, 2.24) is 9.88 Å². The molecule has 1 aliphatic heterocycles. The second kappa shape index (κ2) is 9.80. The summed E-state index contributed by atoms with van der Waals surface area (Å²) in [6, 6.07) is 11.2. The van der Waals surface area contributed by atoms with Gasteiger partial charge in [0.1, 0.15) is 17.4 Å². The zero-order valence-corrected chi connectivity index (χ0v) is 17.9. The third kappa shape index (κ3) is 5.07. The predicted octanol–water partition coefficient (Wildman–Crippen LogP) is 4.30. The largest absolute Gasteiger partial charge is 0.497 e. The summed E-state index contributed by atoms with van der Waals surface area (Å²) in [5, 5.41) is 0. The first-order valence-electron chi connectivity index (χ1n) is 10.6. The van der Waals surface area contributed by atoms with E-state index in [4.69, 9.17) is 9.15 Å². The molecule has 0 radical (unpaired) electrons. The van der Waals surface area contributed by atoms with Gasteiger partial charge < -0.3 is 19.0 Å².